The molecule has 5 heteroatoms. The monoisotopic (exact) mass is 229 g/mol. The van der Waals surface area contributed by atoms with Crippen molar-refractivity contribution >= 4 is 5.95 Å². The summed E-state index contributed by atoms with van der Waals surface area (Å²) in [5, 5.41) is 3.17. The molecule has 17 heavy (non-hydrogen) atoms. The molecule has 0 aliphatic carbocycles. The first-order valence-electron chi connectivity index (χ1n) is 5.53. The van der Waals surface area contributed by atoms with Crippen molar-refractivity contribution in [1.29, 1.82) is 0 Å². The Hall–Kier alpha value is -2.01. The molecule has 0 fully saturated rings. The Kier molecular flexibility index (Phi) is 3.99. The Balaban J connectivity index is 1.86. The van der Waals surface area contributed by atoms with Gasteiger partial charge in [0.05, 0.1) is 5.69 Å². The van der Waals surface area contributed by atoms with Crippen LogP contribution in [0.2, 0.25) is 0 Å². The van der Waals surface area contributed by atoms with Gasteiger partial charge in [0, 0.05) is 31.7 Å². The summed E-state index contributed by atoms with van der Waals surface area (Å²) in [4.78, 5) is 12.4. The van der Waals surface area contributed by atoms with Gasteiger partial charge in [0.15, 0.2) is 0 Å². The first kappa shape index (κ1) is 11.5. The van der Waals surface area contributed by atoms with E-state index in [2.05, 4.69) is 20.3 Å². The van der Waals surface area contributed by atoms with Crippen LogP contribution in [0.4, 0.5) is 5.95 Å². The number of nitrogens with one attached hydrogen (secondary N) is 1. The van der Waals surface area contributed by atoms with Crippen LogP contribution in [0.3, 0.4) is 0 Å². The SMILES string of the molecule is NCc1ccnc(NCCc2ccncc2)n1. The Bertz CT molecular complexity index is 457. The molecule has 0 spiro atoms. The molecule has 0 unspecified atom stereocenters. The highest BCUT2D eigenvalue weighted by molar-refractivity contribution is 5.25. The van der Waals surface area contributed by atoms with E-state index in [-0.39, 0.29) is 0 Å². The molecule has 2 rings (SSSR count). The van der Waals surface area contributed by atoms with Gasteiger partial charge in [-0.2, -0.15) is 0 Å². The van der Waals surface area contributed by atoms with Crippen LogP contribution in [0.5, 0.6) is 0 Å². The van der Waals surface area contributed by atoms with Gasteiger partial charge in [0.25, 0.3) is 0 Å². The highest BCUT2D eigenvalue weighted by Crippen LogP contribution is 2.01. The molecule has 2 heterocycles. The van der Waals surface area contributed by atoms with Crippen molar-refractivity contribution < 1.29 is 0 Å². The number of hydrogen-bond donors (Lipinski definition) is 2. The molecule has 0 saturated heterocycles. The third-order valence-electron chi connectivity index (χ3n) is 2.37. The predicted molar refractivity (Wildman–Crippen MR) is 66.4 cm³/mol. The van der Waals surface area contributed by atoms with Crippen molar-refractivity contribution in [2.75, 3.05) is 11.9 Å². The average molecular weight is 229 g/mol. The summed E-state index contributed by atoms with van der Waals surface area (Å²) in [6, 6.07) is 5.81. The maximum Gasteiger partial charge on any atom is 0.222 e. The van der Waals surface area contributed by atoms with Crippen molar-refractivity contribution in [2.24, 2.45) is 5.73 Å². The number of anilines is 1. The molecular formula is C12H15N5. The number of hydrogen-bond acceptors (Lipinski definition) is 5. The maximum absolute atomic E-state index is 5.51. The second-order valence-corrected chi connectivity index (χ2v) is 3.61. The summed E-state index contributed by atoms with van der Waals surface area (Å²) in [7, 11) is 0. The first-order chi connectivity index (χ1) is 8.38. The Morgan fingerprint density at radius 3 is 2.71 bits per heavy atom. The van der Waals surface area contributed by atoms with Crippen LogP contribution < -0.4 is 11.1 Å². The van der Waals surface area contributed by atoms with E-state index in [0.717, 1.165) is 18.7 Å². The van der Waals surface area contributed by atoms with Crippen molar-refractivity contribution in [3.8, 4) is 0 Å². The summed E-state index contributed by atoms with van der Waals surface area (Å²) >= 11 is 0. The van der Waals surface area contributed by atoms with Gasteiger partial charge >= 0.3 is 0 Å². The molecule has 0 aliphatic rings. The van der Waals surface area contributed by atoms with Gasteiger partial charge in [-0.25, -0.2) is 9.97 Å². The lowest BCUT2D eigenvalue weighted by atomic mass is 10.2. The molecule has 2 aromatic rings. The van der Waals surface area contributed by atoms with E-state index in [9.17, 15) is 0 Å². The first-order valence-corrected chi connectivity index (χ1v) is 5.53. The Labute approximate surface area is 100 Å². The standard InChI is InChI=1S/C12H15N5/c13-9-11-4-8-16-12(17-11)15-7-3-10-1-5-14-6-2-10/h1-2,4-6,8H,3,7,9,13H2,(H,15,16,17). The van der Waals surface area contributed by atoms with Crippen molar-refractivity contribution in [2.45, 2.75) is 13.0 Å². The smallest absolute Gasteiger partial charge is 0.222 e. The van der Waals surface area contributed by atoms with Crippen LogP contribution in [0.25, 0.3) is 0 Å². The number of pyridine rings is 1. The average Bonchev–Trinajstić information content (AvgIpc) is 2.40. The van der Waals surface area contributed by atoms with Gasteiger partial charge in [-0.15, -0.1) is 0 Å². The van der Waals surface area contributed by atoms with E-state index in [1.54, 1.807) is 18.6 Å². The van der Waals surface area contributed by atoms with E-state index >= 15 is 0 Å². The lowest BCUT2D eigenvalue weighted by Gasteiger charge is -2.05. The number of rotatable bonds is 5. The third kappa shape index (κ3) is 3.49. The largest absolute Gasteiger partial charge is 0.354 e. The van der Waals surface area contributed by atoms with E-state index in [1.807, 2.05) is 18.2 Å². The summed E-state index contributed by atoms with van der Waals surface area (Å²) in [5.74, 6) is 0.627. The van der Waals surface area contributed by atoms with Gasteiger partial charge < -0.3 is 11.1 Å². The summed E-state index contributed by atoms with van der Waals surface area (Å²) in [5.41, 5.74) is 7.59. The maximum atomic E-state index is 5.51. The van der Waals surface area contributed by atoms with Crippen LogP contribution in [-0.4, -0.2) is 21.5 Å². The van der Waals surface area contributed by atoms with E-state index < -0.39 is 0 Å². The van der Waals surface area contributed by atoms with Gasteiger partial charge in [0.2, 0.25) is 5.95 Å². The molecule has 0 saturated carbocycles. The Morgan fingerprint density at radius 2 is 1.94 bits per heavy atom. The molecule has 2 aromatic heterocycles. The van der Waals surface area contributed by atoms with Gasteiger partial charge in [-0.1, -0.05) is 0 Å². The fourth-order valence-electron chi connectivity index (χ4n) is 1.46. The fraction of sp³-hybridized carbons (Fsp3) is 0.250. The summed E-state index contributed by atoms with van der Waals surface area (Å²) in [6.07, 6.45) is 6.21. The highest BCUT2D eigenvalue weighted by Gasteiger charge is 1.97. The minimum Gasteiger partial charge on any atom is -0.354 e. The summed E-state index contributed by atoms with van der Waals surface area (Å²) < 4.78 is 0. The minimum absolute atomic E-state index is 0.432. The molecule has 0 aliphatic heterocycles. The molecule has 5 nitrogen and oxygen atoms in total. The van der Waals surface area contributed by atoms with Gasteiger partial charge in [-0.05, 0) is 30.2 Å². The molecule has 0 aromatic carbocycles. The van der Waals surface area contributed by atoms with Gasteiger partial charge in [0.1, 0.15) is 0 Å². The topological polar surface area (TPSA) is 76.7 Å². The van der Waals surface area contributed by atoms with E-state index in [1.165, 1.54) is 5.56 Å². The van der Waals surface area contributed by atoms with Crippen molar-refractivity contribution in [3.05, 3.63) is 48.0 Å². The van der Waals surface area contributed by atoms with Crippen LogP contribution in [0, 0.1) is 0 Å². The van der Waals surface area contributed by atoms with E-state index in [4.69, 9.17) is 5.73 Å². The quantitative estimate of drug-likeness (QED) is 0.799. The zero-order chi connectivity index (χ0) is 11.9. The molecule has 0 bridgehead atoms. The van der Waals surface area contributed by atoms with Crippen LogP contribution in [0.1, 0.15) is 11.3 Å². The van der Waals surface area contributed by atoms with Crippen molar-refractivity contribution in [3.63, 3.8) is 0 Å². The second-order valence-electron chi connectivity index (χ2n) is 3.61. The number of aromatic nitrogens is 3. The van der Waals surface area contributed by atoms with Crippen LogP contribution >= 0.6 is 0 Å². The number of nitrogens with two attached hydrogens (primary N) is 1. The normalized spacial score (nSPS) is 10.2. The third-order valence-corrected chi connectivity index (χ3v) is 2.37. The molecule has 0 amide bonds. The zero-order valence-electron chi connectivity index (χ0n) is 9.50. The second kappa shape index (κ2) is 5.91. The van der Waals surface area contributed by atoms with E-state index in [0.29, 0.717) is 12.5 Å². The lowest BCUT2D eigenvalue weighted by Crippen LogP contribution is -2.10. The van der Waals surface area contributed by atoms with Crippen LogP contribution in [-0.2, 0) is 13.0 Å². The van der Waals surface area contributed by atoms with Gasteiger partial charge in [-0.3, -0.25) is 4.98 Å². The lowest BCUT2D eigenvalue weighted by molar-refractivity contribution is 0.934. The molecule has 3 N–H and O–H groups in total. The predicted octanol–water partition coefficient (Wildman–Crippen LogP) is 0.985. The van der Waals surface area contributed by atoms with Crippen LogP contribution in [0.15, 0.2) is 36.8 Å². The zero-order valence-corrected chi connectivity index (χ0v) is 9.50. The summed E-state index contributed by atoms with van der Waals surface area (Å²) in [6.45, 7) is 1.22. The Morgan fingerprint density at radius 1 is 1.12 bits per heavy atom. The fourth-order valence-corrected chi connectivity index (χ4v) is 1.46. The molecule has 0 radical (unpaired) electrons. The molecule has 88 valence electrons. The highest BCUT2D eigenvalue weighted by atomic mass is 15.1. The molecule has 0 atom stereocenters. The molecular weight excluding hydrogens is 214 g/mol. The van der Waals surface area contributed by atoms with Crippen molar-refractivity contribution in [1.82, 2.24) is 15.0 Å². The number of nitrogens with zero attached hydrogens (tertiary/aromatic N) is 3. The minimum atomic E-state index is 0.432.